The molecule has 0 radical (unpaired) electrons. The largest absolute Gasteiger partial charge is 0.481 e. The van der Waals surface area contributed by atoms with Crippen LogP contribution in [0.2, 0.25) is 0 Å². The summed E-state index contributed by atoms with van der Waals surface area (Å²) in [6.45, 7) is 1.75. The highest BCUT2D eigenvalue weighted by molar-refractivity contribution is 5.94. The van der Waals surface area contributed by atoms with Crippen LogP contribution in [0.3, 0.4) is 0 Å². The Kier molecular flexibility index (Phi) is 4.85. The molecule has 1 atom stereocenters. The number of carbonyl (C=O) groups excluding carboxylic acids is 1. The van der Waals surface area contributed by atoms with Crippen LogP contribution in [-0.4, -0.2) is 34.2 Å². The molecule has 0 spiro atoms. The molecule has 2 aromatic heterocycles. The van der Waals surface area contributed by atoms with Crippen LogP contribution in [0, 0.1) is 12.8 Å². The van der Waals surface area contributed by atoms with Crippen molar-refractivity contribution in [2.24, 2.45) is 5.92 Å². The number of amides is 1. The molecule has 132 valence electrons. The maximum Gasteiger partial charge on any atom is 0.260 e. The first kappa shape index (κ1) is 17.2. The van der Waals surface area contributed by atoms with E-state index in [2.05, 4.69) is 15.3 Å². The summed E-state index contributed by atoms with van der Waals surface area (Å²) in [6, 6.07) is 6.44. The van der Waals surface area contributed by atoms with Crippen LogP contribution in [0.1, 0.15) is 40.5 Å². The van der Waals surface area contributed by atoms with E-state index in [0.717, 1.165) is 5.56 Å². The van der Waals surface area contributed by atoms with Crippen LogP contribution >= 0.6 is 0 Å². The van der Waals surface area contributed by atoms with E-state index in [9.17, 15) is 14.7 Å². The van der Waals surface area contributed by atoms with E-state index in [1.807, 2.05) is 6.07 Å². The molecule has 2 aromatic rings. The Morgan fingerprint density at radius 3 is 2.68 bits per heavy atom. The van der Waals surface area contributed by atoms with Crippen LogP contribution in [0.25, 0.3) is 0 Å². The number of aromatic nitrogens is 2. The Morgan fingerprint density at radius 1 is 1.36 bits per heavy atom. The minimum atomic E-state index is -0.441. The molecule has 1 aliphatic carbocycles. The first-order valence-corrected chi connectivity index (χ1v) is 8.16. The SMILES string of the molecule is COc1ccc([C@H](NC(=O)c2ccc(C)[nH]c2=O)C2CC(O)C2)cn1. The second-order valence-corrected chi connectivity index (χ2v) is 6.35. The zero-order valence-electron chi connectivity index (χ0n) is 14.2. The van der Waals surface area contributed by atoms with Crippen molar-refractivity contribution >= 4 is 5.91 Å². The Labute approximate surface area is 145 Å². The molecule has 1 fully saturated rings. The fourth-order valence-electron chi connectivity index (χ4n) is 3.04. The number of nitrogens with zero attached hydrogens (tertiary/aromatic N) is 1. The number of H-pyrrole nitrogens is 1. The van der Waals surface area contributed by atoms with Crippen LogP contribution in [0.4, 0.5) is 0 Å². The Balaban J connectivity index is 1.84. The van der Waals surface area contributed by atoms with Crippen molar-refractivity contribution in [1.29, 1.82) is 0 Å². The summed E-state index contributed by atoms with van der Waals surface area (Å²) >= 11 is 0. The molecule has 0 aliphatic heterocycles. The van der Waals surface area contributed by atoms with Crippen LogP contribution in [0.15, 0.2) is 35.3 Å². The predicted octanol–water partition coefficient (Wildman–Crippen LogP) is 1.33. The molecule has 1 amide bonds. The van der Waals surface area contributed by atoms with Crippen LogP contribution in [0.5, 0.6) is 5.88 Å². The molecule has 7 nitrogen and oxygen atoms in total. The molecular weight excluding hydrogens is 322 g/mol. The van der Waals surface area contributed by atoms with Gasteiger partial charge in [-0.25, -0.2) is 4.98 Å². The maximum atomic E-state index is 12.6. The average Bonchev–Trinajstić information content (AvgIpc) is 2.57. The van der Waals surface area contributed by atoms with Crippen molar-refractivity contribution in [2.75, 3.05) is 7.11 Å². The van der Waals surface area contributed by atoms with Crippen molar-refractivity contribution < 1.29 is 14.6 Å². The average molecular weight is 343 g/mol. The Hall–Kier alpha value is -2.67. The lowest BCUT2D eigenvalue weighted by molar-refractivity contribution is 0.0234. The summed E-state index contributed by atoms with van der Waals surface area (Å²) in [7, 11) is 1.53. The lowest BCUT2D eigenvalue weighted by Gasteiger charge is -2.38. The van der Waals surface area contributed by atoms with Gasteiger partial charge in [-0.2, -0.15) is 0 Å². The fraction of sp³-hybridized carbons (Fsp3) is 0.389. The fourth-order valence-corrected chi connectivity index (χ4v) is 3.04. The van der Waals surface area contributed by atoms with Gasteiger partial charge >= 0.3 is 0 Å². The zero-order valence-corrected chi connectivity index (χ0v) is 14.2. The third-order valence-corrected chi connectivity index (χ3v) is 4.54. The number of methoxy groups -OCH3 is 1. The summed E-state index contributed by atoms with van der Waals surface area (Å²) in [5, 5.41) is 12.5. The molecule has 0 saturated heterocycles. The normalized spacial score (nSPS) is 20.4. The van der Waals surface area contributed by atoms with Crippen LogP contribution < -0.4 is 15.6 Å². The highest BCUT2D eigenvalue weighted by Crippen LogP contribution is 2.38. The van der Waals surface area contributed by atoms with Crippen molar-refractivity contribution in [3.05, 3.63) is 57.6 Å². The van der Waals surface area contributed by atoms with Crippen LogP contribution in [-0.2, 0) is 0 Å². The van der Waals surface area contributed by atoms with E-state index in [1.54, 1.807) is 25.3 Å². The first-order chi connectivity index (χ1) is 12.0. The molecule has 25 heavy (non-hydrogen) atoms. The number of hydrogen-bond donors (Lipinski definition) is 3. The highest BCUT2D eigenvalue weighted by atomic mass is 16.5. The van der Waals surface area contributed by atoms with Gasteiger partial charge in [0.1, 0.15) is 5.56 Å². The number of carbonyl (C=O) groups is 1. The van der Waals surface area contributed by atoms with Gasteiger partial charge in [0.2, 0.25) is 5.88 Å². The summed E-state index contributed by atoms with van der Waals surface area (Å²) in [5.74, 6) is 0.139. The third kappa shape index (κ3) is 3.71. The van der Waals surface area contributed by atoms with E-state index in [-0.39, 0.29) is 23.6 Å². The van der Waals surface area contributed by atoms with Gasteiger partial charge in [-0.1, -0.05) is 6.07 Å². The van der Waals surface area contributed by atoms with E-state index in [1.165, 1.54) is 13.2 Å². The molecular formula is C18H21N3O4. The monoisotopic (exact) mass is 343 g/mol. The van der Waals surface area contributed by atoms with E-state index in [0.29, 0.717) is 24.4 Å². The second-order valence-electron chi connectivity index (χ2n) is 6.35. The lowest BCUT2D eigenvalue weighted by atomic mass is 9.75. The summed E-state index contributed by atoms with van der Waals surface area (Å²) < 4.78 is 5.06. The molecule has 0 unspecified atom stereocenters. The molecule has 7 heteroatoms. The molecule has 1 saturated carbocycles. The van der Waals surface area contributed by atoms with Crippen molar-refractivity contribution in [1.82, 2.24) is 15.3 Å². The lowest BCUT2D eigenvalue weighted by Crippen LogP contribution is -2.42. The van der Waals surface area contributed by atoms with Gasteiger partial charge in [0.15, 0.2) is 0 Å². The van der Waals surface area contributed by atoms with E-state index in [4.69, 9.17) is 4.74 Å². The predicted molar refractivity (Wildman–Crippen MR) is 91.5 cm³/mol. The number of hydrogen-bond acceptors (Lipinski definition) is 5. The summed E-state index contributed by atoms with van der Waals surface area (Å²) in [6.07, 6.45) is 2.49. The number of ether oxygens (including phenoxy) is 1. The first-order valence-electron chi connectivity index (χ1n) is 8.16. The highest BCUT2D eigenvalue weighted by Gasteiger charge is 2.36. The number of nitrogens with one attached hydrogen (secondary N) is 2. The van der Waals surface area contributed by atoms with Gasteiger partial charge in [0.25, 0.3) is 11.5 Å². The topological polar surface area (TPSA) is 104 Å². The van der Waals surface area contributed by atoms with Gasteiger partial charge in [-0.3, -0.25) is 9.59 Å². The quantitative estimate of drug-likeness (QED) is 0.760. The number of aromatic amines is 1. The third-order valence-electron chi connectivity index (χ3n) is 4.54. The Bertz CT molecular complexity index is 810. The minimum absolute atomic E-state index is 0.0666. The Morgan fingerprint density at radius 2 is 2.12 bits per heavy atom. The molecule has 3 rings (SSSR count). The number of aliphatic hydroxyl groups excluding tert-OH is 1. The number of aryl methyl sites for hydroxylation is 1. The van der Waals surface area contributed by atoms with Crippen molar-refractivity contribution in [3.63, 3.8) is 0 Å². The van der Waals surface area contributed by atoms with Gasteiger partial charge < -0.3 is 20.1 Å². The molecule has 2 heterocycles. The van der Waals surface area contributed by atoms with Gasteiger partial charge in [-0.15, -0.1) is 0 Å². The summed E-state index contributed by atoms with van der Waals surface area (Å²) in [5.41, 5.74) is 1.16. The molecule has 3 N–H and O–H groups in total. The van der Waals surface area contributed by atoms with Crippen molar-refractivity contribution in [3.8, 4) is 5.88 Å². The maximum absolute atomic E-state index is 12.6. The minimum Gasteiger partial charge on any atom is -0.481 e. The molecule has 1 aliphatic rings. The van der Waals surface area contributed by atoms with E-state index < -0.39 is 11.5 Å². The molecule has 0 bridgehead atoms. The number of pyridine rings is 2. The number of aliphatic hydroxyl groups is 1. The summed E-state index contributed by atoms with van der Waals surface area (Å²) in [4.78, 5) is 31.4. The van der Waals surface area contributed by atoms with Gasteiger partial charge in [0, 0.05) is 18.0 Å². The smallest absolute Gasteiger partial charge is 0.260 e. The second kappa shape index (κ2) is 7.06. The zero-order chi connectivity index (χ0) is 18.0. The standard InChI is InChI=1S/C18H21N3O4/c1-10-3-5-14(17(23)20-10)18(24)21-16(12-7-13(22)8-12)11-4-6-15(25-2)19-9-11/h3-6,9,12-13,16,22H,7-8H2,1-2H3,(H,20,23)(H,21,24)/t12?,13?,16-/m0/s1. The number of rotatable bonds is 5. The van der Waals surface area contributed by atoms with Gasteiger partial charge in [-0.05, 0) is 43.4 Å². The van der Waals surface area contributed by atoms with Crippen molar-refractivity contribution in [2.45, 2.75) is 31.9 Å². The molecule has 0 aromatic carbocycles. The van der Waals surface area contributed by atoms with Gasteiger partial charge in [0.05, 0.1) is 19.3 Å². The van der Waals surface area contributed by atoms with E-state index >= 15 is 0 Å².